The van der Waals surface area contributed by atoms with Gasteiger partial charge in [0, 0.05) is 5.56 Å². The minimum absolute atomic E-state index is 0.00940. The van der Waals surface area contributed by atoms with Crippen molar-refractivity contribution < 1.29 is 13.5 Å². The fourth-order valence-electron chi connectivity index (χ4n) is 1.31. The lowest BCUT2D eigenvalue weighted by Gasteiger charge is -2.24. The molecule has 0 aliphatic carbocycles. The van der Waals surface area contributed by atoms with Gasteiger partial charge in [-0.3, -0.25) is 0 Å². The van der Waals surface area contributed by atoms with Gasteiger partial charge in [-0.2, -0.15) is 4.39 Å². The van der Waals surface area contributed by atoms with Crippen molar-refractivity contribution >= 4 is 5.69 Å². The van der Waals surface area contributed by atoms with Gasteiger partial charge < -0.3 is 10.5 Å². The Labute approximate surface area is 67.9 Å². The summed E-state index contributed by atoms with van der Waals surface area (Å²) in [5.74, 6) is -1.64. The Morgan fingerprint density at radius 2 is 1.92 bits per heavy atom. The quantitative estimate of drug-likeness (QED) is 0.667. The summed E-state index contributed by atoms with van der Waals surface area (Å²) in [6, 6.07) is 0. The maximum atomic E-state index is 13.0. The second kappa shape index (κ2) is 2.09. The molecule has 0 unspecified atom stereocenters. The lowest BCUT2D eigenvalue weighted by molar-refractivity contribution is 0.321. The van der Waals surface area contributed by atoms with Gasteiger partial charge in [-0.05, 0) is 6.42 Å². The van der Waals surface area contributed by atoms with Crippen molar-refractivity contribution in [3.8, 4) is 11.5 Å². The monoisotopic (exact) mass is 171 g/mol. The summed E-state index contributed by atoms with van der Waals surface area (Å²) < 4.78 is 30.6. The highest BCUT2D eigenvalue weighted by Crippen LogP contribution is 2.48. The zero-order valence-corrected chi connectivity index (χ0v) is 6.45. The van der Waals surface area contributed by atoms with Gasteiger partial charge in [0.05, 0.1) is 5.69 Å². The number of halogens is 2. The van der Waals surface area contributed by atoms with Gasteiger partial charge in [0.1, 0.15) is 0 Å². The van der Waals surface area contributed by atoms with Crippen LogP contribution in [0.3, 0.4) is 0 Å². The Hall–Kier alpha value is -1.32. The average Bonchev–Trinajstić information content (AvgIpc) is 2.07. The van der Waals surface area contributed by atoms with Crippen LogP contribution < -0.4 is 10.5 Å². The van der Waals surface area contributed by atoms with Crippen molar-refractivity contribution in [2.75, 3.05) is 5.73 Å². The van der Waals surface area contributed by atoms with Crippen LogP contribution in [0.1, 0.15) is 12.5 Å². The molecule has 3 rings (SSSR count). The number of fused-ring (bicyclic) bond motifs is 2. The number of ether oxygens (including phenoxy) is 1. The van der Waals surface area contributed by atoms with Crippen molar-refractivity contribution in [2.24, 2.45) is 0 Å². The van der Waals surface area contributed by atoms with Crippen LogP contribution in [0.5, 0.6) is 11.5 Å². The van der Waals surface area contributed by atoms with Crippen molar-refractivity contribution in [2.45, 2.75) is 13.3 Å². The zero-order chi connectivity index (χ0) is 8.88. The molecule has 2 aliphatic heterocycles. The summed E-state index contributed by atoms with van der Waals surface area (Å²) in [6.07, 6.45) is 0.468. The number of anilines is 1. The first-order valence-corrected chi connectivity index (χ1v) is 3.64. The maximum Gasteiger partial charge on any atom is 0.211 e. The van der Waals surface area contributed by atoms with Gasteiger partial charge in [-0.25, -0.2) is 4.39 Å². The van der Waals surface area contributed by atoms with Crippen LogP contribution in [0.4, 0.5) is 14.5 Å². The lowest BCUT2D eigenvalue weighted by atomic mass is 10.0. The third-order valence-electron chi connectivity index (χ3n) is 1.99. The number of nitrogen functional groups attached to an aromatic ring is 1. The third-order valence-corrected chi connectivity index (χ3v) is 1.99. The van der Waals surface area contributed by atoms with E-state index in [1.807, 2.05) is 0 Å². The van der Waals surface area contributed by atoms with Crippen molar-refractivity contribution in [3.05, 3.63) is 17.2 Å². The number of hydrogen-bond donors (Lipinski definition) is 1. The Balaban J connectivity index is 2.72. The van der Waals surface area contributed by atoms with E-state index in [-0.39, 0.29) is 17.2 Å². The average molecular weight is 171 g/mol. The molecule has 2 nitrogen and oxygen atoms in total. The van der Waals surface area contributed by atoms with Crippen LogP contribution in [-0.4, -0.2) is 0 Å². The van der Waals surface area contributed by atoms with E-state index in [2.05, 4.69) is 0 Å². The minimum atomic E-state index is -0.778. The van der Waals surface area contributed by atoms with Gasteiger partial charge >= 0.3 is 0 Å². The second-order valence-electron chi connectivity index (χ2n) is 2.63. The molecule has 0 saturated heterocycles. The number of hydrogen-bond acceptors (Lipinski definition) is 2. The molecule has 2 aliphatic rings. The number of benzene rings is 1. The van der Waals surface area contributed by atoms with Gasteiger partial charge in [-0.1, -0.05) is 6.92 Å². The van der Waals surface area contributed by atoms with E-state index in [1.54, 1.807) is 6.92 Å². The summed E-state index contributed by atoms with van der Waals surface area (Å²) in [5, 5.41) is 0. The number of rotatable bonds is 1. The minimum Gasteiger partial charge on any atom is -0.447 e. The van der Waals surface area contributed by atoms with E-state index in [9.17, 15) is 8.78 Å². The van der Waals surface area contributed by atoms with Gasteiger partial charge in [0.15, 0.2) is 11.6 Å². The molecule has 0 fully saturated rings. The van der Waals surface area contributed by atoms with E-state index in [0.29, 0.717) is 12.0 Å². The summed E-state index contributed by atoms with van der Waals surface area (Å²) in [4.78, 5) is 0. The van der Waals surface area contributed by atoms with Gasteiger partial charge in [0.2, 0.25) is 11.6 Å². The first-order chi connectivity index (χ1) is 5.66. The smallest absolute Gasteiger partial charge is 0.211 e. The highest BCUT2D eigenvalue weighted by atomic mass is 19.1. The summed E-state index contributed by atoms with van der Waals surface area (Å²) >= 11 is 0. The third kappa shape index (κ3) is 0.622. The van der Waals surface area contributed by atoms with Crippen LogP contribution in [-0.2, 0) is 6.42 Å². The van der Waals surface area contributed by atoms with Crippen molar-refractivity contribution in [1.29, 1.82) is 0 Å². The first kappa shape index (κ1) is 7.34. The second-order valence-corrected chi connectivity index (χ2v) is 2.63. The summed E-state index contributed by atoms with van der Waals surface area (Å²) in [6.45, 7) is 1.77. The first-order valence-electron chi connectivity index (χ1n) is 3.64. The van der Waals surface area contributed by atoms with E-state index < -0.39 is 11.6 Å². The van der Waals surface area contributed by atoms with Crippen LogP contribution in [0.15, 0.2) is 0 Å². The Morgan fingerprint density at radius 3 is 2.42 bits per heavy atom. The normalized spacial score (nSPS) is 12.2. The van der Waals surface area contributed by atoms with Gasteiger partial charge in [-0.15, -0.1) is 0 Å². The molecule has 1 aromatic rings. The fourth-order valence-corrected chi connectivity index (χ4v) is 1.31. The molecular weight excluding hydrogens is 164 g/mol. The SMILES string of the molecule is CCc1c(N)c(F)c2c(F)c1O2. The fraction of sp³-hybridized carbons (Fsp3) is 0.250. The topological polar surface area (TPSA) is 35.2 Å². The molecule has 64 valence electrons. The molecule has 12 heavy (non-hydrogen) atoms. The largest absolute Gasteiger partial charge is 0.447 e. The van der Waals surface area contributed by atoms with Crippen molar-refractivity contribution in [3.63, 3.8) is 0 Å². The van der Waals surface area contributed by atoms with Crippen LogP contribution in [0, 0.1) is 11.6 Å². The molecule has 0 atom stereocenters. The standard InChI is InChI=1S/C8H7F2NO/c1-2-3-6(11)4(9)8-5(10)7(3)12-8/h2,11H2,1H3. The number of nitrogens with two attached hydrogens (primary N) is 1. The molecule has 0 saturated carbocycles. The summed E-state index contributed by atoms with van der Waals surface area (Å²) in [5.41, 5.74) is 5.81. The molecular formula is C8H7F2NO. The molecule has 0 amide bonds. The van der Waals surface area contributed by atoms with Crippen LogP contribution in [0.2, 0.25) is 0 Å². The maximum absolute atomic E-state index is 13.0. The molecule has 0 radical (unpaired) electrons. The van der Waals surface area contributed by atoms with E-state index in [1.165, 1.54) is 0 Å². The highest BCUT2D eigenvalue weighted by Gasteiger charge is 2.33. The van der Waals surface area contributed by atoms with Crippen LogP contribution in [0.25, 0.3) is 0 Å². The predicted molar refractivity (Wildman–Crippen MR) is 40.2 cm³/mol. The molecule has 0 spiro atoms. The summed E-state index contributed by atoms with van der Waals surface area (Å²) in [7, 11) is 0. The van der Waals surface area contributed by atoms with E-state index >= 15 is 0 Å². The highest BCUT2D eigenvalue weighted by molar-refractivity contribution is 5.66. The molecule has 1 aromatic carbocycles. The Bertz CT molecular complexity index is 359. The molecule has 4 heteroatoms. The van der Waals surface area contributed by atoms with Crippen molar-refractivity contribution in [1.82, 2.24) is 0 Å². The lowest BCUT2D eigenvalue weighted by Crippen LogP contribution is -2.13. The molecule has 2 heterocycles. The molecule has 2 bridgehead atoms. The van der Waals surface area contributed by atoms with E-state index in [4.69, 9.17) is 10.5 Å². The van der Waals surface area contributed by atoms with E-state index in [0.717, 1.165) is 0 Å². The Kier molecular flexibility index (Phi) is 1.28. The molecule has 2 N–H and O–H groups in total. The van der Waals surface area contributed by atoms with Gasteiger partial charge in [0.25, 0.3) is 0 Å². The Morgan fingerprint density at radius 1 is 1.25 bits per heavy atom. The van der Waals surface area contributed by atoms with Crippen LogP contribution >= 0.6 is 0 Å². The zero-order valence-electron chi connectivity index (χ0n) is 6.45. The predicted octanol–water partition coefficient (Wildman–Crippen LogP) is 2.22. The molecule has 0 aromatic heterocycles.